The van der Waals surface area contributed by atoms with E-state index in [0.717, 1.165) is 61.4 Å². The molecule has 0 atom stereocenters. The van der Waals surface area contributed by atoms with Gasteiger partial charge >= 0.3 is 5.97 Å². The summed E-state index contributed by atoms with van der Waals surface area (Å²) in [5.74, 6) is 0.733. The Morgan fingerprint density at radius 3 is 2.55 bits per heavy atom. The molecule has 5 aromatic rings. The van der Waals surface area contributed by atoms with Crippen LogP contribution in [0, 0.1) is 13.8 Å². The minimum atomic E-state index is -0.301. The molecule has 0 amide bonds. The third kappa shape index (κ3) is 3.70. The van der Waals surface area contributed by atoms with E-state index in [1.807, 2.05) is 25.1 Å². The normalized spacial score (nSPS) is 11.4. The van der Waals surface area contributed by atoms with E-state index < -0.39 is 0 Å². The molecule has 0 aliphatic rings. The third-order valence-electron chi connectivity index (χ3n) is 5.97. The van der Waals surface area contributed by atoms with Crippen LogP contribution in [0.4, 0.5) is 0 Å². The van der Waals surface area contributed by atoms with Gasteiger partial charge < -0.3 is 9.30 Å². The molecule has 0 bridgehead atoms. The van der Waals surface area contributed by atoms with Gasteiger partial charge in [-0.1, -0.05) is 49.4 Å². The maximum absolute atomic E-state index is 12.5. The molecule has 2 aromatic carbocycles. The number of benzene rings is 2. The van der Waals surface area contributed by atoms with Crippen LogP contribution in [0.5, 0.6) is 0 Å². The van der Waals surface area contributed by atoms with Gasteiger partial charge in [-0.25, -0.2) is 14.8 Å². The summed E-state index contributed by atoms with van der Waals surface area (Å²) in [5, 5.41) is 1.07. The number of carbonyl (C=O) groups is 1. The molecule has 3 aromatic heterocycles. The Bertz CT molecular complexity index is 1500. The maximum Gasteiger partial charge on any atom is 0.348 e. The first kappa shape index (κ1) is 21.3. The SMILES string of the molecule is CCc1nc2c(C)cc(C)nc2n1Cc1ccc(-c2c(C(=O)OC)sc3ccccc23)cc1. The second-order valence-corrected chi connectivity index (χ2v) is 9.26. The van der Waals surface area contributed by atoms with Gasteiger partial charge in [-0.05, 0) is 42.7 Å². The first-order chi connectivity index (χ1) is 16.0. The van der Waals surface area contributed by atoms with Crippen molar-refractivity contribution >= 4 is 38.6 Å². The average molecular weight is 456 g/mol. The van der Waals surface area contributed by atoms with Crippen molar-refractivity contribution in [3.05, 3.63) is 82.1 Å². The molecule has 0 unspecified atom stereocenters. The lowest BCUT2D eigenvalue weighted by molar-refractivity contribution is 0.0607. The number of carbonyl (C=O) groups excluding carboxylic acids is 1. The molecule has 33 heavy (non-hydrogen) atoms. The lowest BCUT2D eigenvalue weighted by Gasteiger charge is -2.10. The standard InChI is InChI=1S/C27H25N3O2S/c1-5-22-29-24-16(2)14-17(3)28-26(24)30(22)15-18-10-12-19(13-11-18)23-20-8-6-7-9-21(20)33-25(23)27(31)32-4/h6-14H,5,15H2,1-4H3. The summed E-state index contributed by atoms with van der Waals surface area (Å²) in [6.45, 7) is 6.93. The topological polar surface area (TPSA) is 57.0 Å². The van der Waals surface area contributed by atoms with Gasteiger partial charge in [-0.15, -0.1) is 11.3 Å². The van der Waals surface area contributed by atoms with Crippen molar-refractivity contribution in [2.45, 2.75) is 33.7 Å². The molecule has 0 spiro atoms. The summed E-state index contributed by atoms with van der Waals surface area (Å²) in [6, 6.07) is 18.6. The summed E-state index contributed by atoms with van der Waals surface area (Å²) in [7, 11) is 1.43. The molecule has 166 valence electrons. The Kier molecular flexibility index (Phi) is 5.46. The number of aromatic nitrogens is 3. The molecule has 0 saturated heterocycles. The fourth-order valence-electron chi connectivity index (χ4n) is 4.41. The number of aryl methyl sites for hydroxylation is 3. The number of esters is 1. The monoisotopic (exact) mass is 455 g/mol. The van der Waals surface area contributed by atoms with Crippen LogP contribution in [-0.2, 0) is 17.7 Å². The van der Waals surface area contributed by atoms with E-state index in [4.69, 9.17) is 14.7 Å². The van der Waals surface area contributed by atoms with Gasteiger partial charge in [-0.2, -0.15) is 0 Å². The van der Waals surface area contributed by atoms with E-state index >= 15 is 0 Å². The number of imidazole rings is 1. The molecule has 0 aliphatic heterocycles. The summed E-state index contributed by atoms with van der Waals surface area (Å²) in [5.41, 5.74) is 7.16. The van der Waals surface area contributed by atoms with Crippen molar-refractivity contribution in [2.24, 2.45) is 0 Å². The Labute approximate surface area is 196 Å². The van der Waals surface area contributed by atoms with Gasteiger partial charge in [0, 0.05) is 27.8 Å². The molecule has 5 nitrogen and oxygen atoms in total. The molecule has 0 radical (unpaired) electrons. The van der Waals surface area contributed by atoms with Crippen LogP contribution in [0.2, 0.25) is 0 Å². The zero-order valence-corrected chi connectivity index (χ0v) is 20.0. The minimum absolute atomic E-state index is 0.301. The van der Waals surface area contributed by atoms with Crippen LogP contribution >= 0.6 is 11.3 Å². The van der Waals surface area contributed by atoms with Gasteiger partial charge in [0.2, 0.25) is 0 Å². The van der Waals surface area contributed by atoms with Crippen molar-refractivity contribution in [3.63, 3.8) is 0 Å². The van der Waals surface area contributed by atoms with Gasteiger partial charge in [-0.3, -0.25) is 0 Å². The molecular formula is C27H25N3O2S. The number of nitrogens with zero attached hydrogens (tertiary/aromatic N) is 3. The Morgan fingerprint density at radius 1 is 1.06 bits per heavy atom. The highest BCUT2D eigenvalue weighted by atomic mass is 32.1. The summed E-state index contributed by atoms with van der Waals surface area (Å²) < 4.78 is 8.35. The van der Waals surface area contributed by atoms with Crippen LogP contribution in [0.25, 0.3) is 32.4 Å². The van der Waals surface area contributed by atoms with E-state index in [9.17, 15) is 4.79 Å². The van der Waals surface area contributed by atoms with Crippen molar-refractivity contribution < 1.29 is 9.53 Å². The number of thiophene rings is 1. The Morgan fingerprint density at radius 2 is 1.82 bits per heavy atom. The molecular weight excluding hydrogens is 430 g/mol. The molecule has 3 heterocycles. The number of ether oxygens (including phenoxy) is 1. The number of pyridine rings is 1. The van der Waals surface area contributed by atoms with Crippen molar-refractivity contribution in [1.82, 2.24) is 14.5 Å². The van der Waals surface area contributed by atoms with E-state index in [-0.39, 0.29) is 5.97 Å². The first-order valence-electron chi connectivity index (χ1n) is 11.0. The highest BCUT2D eigenvalue weighted by Gasteiger charge is 2.20. The van der Waals surface area contributed by atoms with Gasteiger partial charge in [0.15, 0.2) is 5.65 Å². The lowest BCUT2D eigenvalue weighted by Crippen LogP contribution is -2.05. The quantitative estimate of drug-likeness (QED) is 0.291. The Balaban J connectivity index is 1.56. The van der Waals surface area contributed by atoms with Gasteiger partial charge in [0.1, 0.15) is 16.2 Å². The van der Waals surface area contributed by atoms with Crippen LogP contribution in [0.15, 0.2) is 54.6 Å². The largest absolute Gasteiger partial charge is 0.465 e. The molecule has 0 aliphatic carbocycles. The fraction of sp³-hybridized carbons (Fsp3) is 0.222. The average Bonchev–Trinajstić information content (AvgIpc) is 3.38. The minimum Gasteiger partial charge on any atom is -0.465 e. The third-order valence-corrected chi connectivity index (χ3v) is 7.12. The van der Waals surface area contributed by atoms with Crippen molar-refractivity contribution in [3.8, 4) is 11.1 Å². The number of rotatable bonds is 5. The number of methoxy groups -OCH3 is 1. The van der Waals surface area contributed by atoms with Crippen molar-refractivity contribution in [2.75, 3.05) is 7.11 Å². The Hall–Kier alpha value is -3.51. The zero-order chi connectivity index (χ0) is 23.1. The summed E-state index contributed by atoms with van der Waals surface area (Å²) in [6.07, 6.45) is 0.844. The number of hydrogen-bond acceptors (Lipinski definition) is 5. The summed E-state index contributed by atoms with van der Waals surface area (Å²) >= 11 is 1.47. The van der Waals surface area contributed by atoms with E-state index in [1.165, 1.54) is 18.4 Å². The maximum atomic E-state index is 12.5. The predicted molar refractivity (Wildman–Crippen MR) is 134 cm³/mol. The van der Waals surface area contributed by atoms with E-state index in [2.05, 4.69) is 54.8 Å². The molecule has 0 fully saturated rings. The number of hydrogen-bond donors (Lipinski definition) is 0. The van der Waals surface area contributed by atoms with Crippen LogP contribution in [0.1, 0.15) is 39.2 Å². The smallest absolute Gasteiger partial charge is 0.348 e. The number of fused-ring (bicyclic) bond motifs is 2. The van der Waals surface area contributed by atoms with Crippen LogP contribution < -0.4 is 0 Å². The molecule has 0 N–H and O–H groups in total. The first-order valence-corrected chi connectivity index (χ1v) is 11.8. The lowest BCUT2D eigenvalue weighted by atomic mass is 10.0. The molecule has 0 saturated carbocycles. The van der Waals surface area contributed by atoms with E-state index in [1.54, 1.807) is 0 Å². The molecule has 6 heteroatoms. The highest BCUT2D eigenvalue weighted by molar-refractivity contribution is 7.21. The summed E-state index contributed by atoms with van der Waals surface area (Å²) in [4.78, 5) is 22.7. The second-order valence-electron chi connectivity index (χ2n) is 8.21. The highest BCUT2D eigenvalue weighted by Crippen LogP contribution is 2.39. The van der Waals surface area contributed by atoms with Crippen molar-refractivity contribution in [1.29, 1.82) is 0 Å². The fourth-order valence-corrected chi connectivity index (χ4v) is 5.56. The van der Waals surface area contributed by atoms with Crippen LogP contribution in [-0.4, -0.2) is 27.6 Å². The van der Waals surface area contributed by atoms with E-state index in [0.29, 0.717) is 11.4 Å². The molecule has 5 rings (SSSR count). The zero-order valence-electron chi connectivity index (χ0n) is 19.2. The van der Waals surface area contributed by atoms with Crippen LogP contribution in [0.3, 0.4) is 0 Å². The van der Waals surface area contributed by atoms with Gasteiger partial charge in [0.25, 0.3) is 0 Å². The van der Waals surface area contributed by atoms with Gasteiger partial charge in [0.05, 0.1) is 13.7 Å². The second kappa shape index (κ2) is 8.45. The predicted octanol–water partition coefficient (Wildman–Crippen LogP) is 6.33.